The van der Waals surface area contributed by atoms with Crippen LogP contribution in [0.15, 0.2) is 24.3 Å². The van der Waals surface area contributed by atoms with Gasteiger partial charge in [-0.05, 0) is 42.2 Å². The number of hydrogen-bond acceptors (Lipinski definition) is 3. The number of hydrogen-bond donors (Lipinski definition) is 1. The van der Waals surface area contributed by atoms with E-state index in [1.54, 1.807) is 25.3 Å². The lowest BCUT2D eigenvalue weighted by Gasteiger charge is -2.18. The Bertz CT molecular complexity index is 704. The van der Waals surface area contributed by atoms with Gasteiger partial charge in [-0.3, -0.25) is 0 Å². The van der Waals surface area contributed by atoms with Crippen molar-refractivity contribution >= 4 is 23.2 Å². The third-order valence-corrected chi connectivity index (χ3v) is 4.50. The summed E-state index contributed by atoms with van der Waals surface area (Å²) in [6.07, 6.45) is 0.507. The van der Waals surface area contributed by atoms with Crippen LogP contribution in [0.1, 0.15) is 43.4 Å². The maximum Gasteiger partial charge on any atom is 0.129 e. The van der Waals surface area contributed by atoms with E-state index in [1.165, 1.54) is 0 Å². The fourth-order valence-corrected chi connectivity index (χ4v) is 3.36. The molecule has 0 aliphatic heterocycles. The average molecular weight is 369 g/mol. The van der Waals surface area contributed by atoms with E-state index < -0.39 is 0 Å². The lowest BCUT2D eigenvalue weighted by Crippen LogP contribution is -2.02. The molecule has 0 saturated carbocycles. The first kappa shape index (κ1) is 18.8. The molecule has 0 saturated heterocycles. The minimum absolute atomic E-state index is 0.131. The van der Waals surface area contributed by atoms with Gasteiger partial charge in [0.05, 0.1) is 13.7 Å². The molecule has 0 fully saturated rings. The van der Waals surface area contributed by atoms with E-state index in [0.29, 0.717) is 34.6 Å². The van der Waals surface area contributed by atoms with Crippen LogP contribution >= 0.6 is 23.2 Å². The highest BCUT2D eigenvalue weighted by Gasteiger charge is 2.19. The summed E-state index contributed by atoms with van der Waals surface area (Å²) in [7, 11) is 1.60. The second-order valence-corrected chi connectivity index (χ2v) is 6.64. The second kappa shape index (κ2) is 8.00. The summed E-state index contributed by atoms with van der Waals surface area (Å²) in [5, 5.41) is 11.2. The van der Waals surface area contributed by atoms with Crippen LogP contribution in [-0.2, 0) is 6.42 Å². The Morgan fingerprint density at radius 3 is 2.25 bits per heavy atom. The smallest absolute Gasteiger partial charge is 0.129 e. The van der Waals surface area contributed by atoms with E-state index >= 15 is 0 Å². The van der Waals surface area contributed by atoms with Gasteiger partial charge >= 0.3 is 0 Å². The molecule has 0 aliphatic rings. The third kappa shape index (κ3) is 3.90. The predicted molar refractivity (Wildman–Crippen MR) is 99.2 cm³/mol. The van der Waals surface area contributed by atoms with Gasteiger partial charge in [0.15, 0.2) is 0 Å². The van der Waals surface area contributed by atoms with Crippen LogP contribution in [0, 0.1) is 0 Å². The number of rotatable bonds is 6. The first-order valence-corrected chi connectivity index (χ1v) is 8.64. The molecule has 0 bridgehead atoms. The van der Waals surface area contributed by atoms with Crippen molar-refractivity contribution in [2.45, 2.75) is 33.1 Å². The van der Waals surface area contributed by atoms with Gasteiger partial charge in [0.2, 0.25) is 0 Å². The maximum absolute atomic E-state index is 10.1. The minimum Gasteiger partial charge on any atom is -0.508 e. The molecule has 5 heteroatoms. The average Bonchev–Trinajstić information content (AvgIpc) is 2.51. The van der Waals surface area contributed by atoms with E-state index in [9.17, 15) is 5.11 Å². The zero-order valence-electron chi connectivity index (χ0n) is 14.3. The summed E-state index contributed by atoms with van der Waals surface area (Å²) >= 11 is 12.8. The second-order valence-electron chi connectivity index (χ2n) is 5.82. The number of phenols is 1. The number of aromatic hydroxyl groups is 1. The van der Waals surface area contributed by atoms with Crippen LogP contribution in [0.25, 0.3) is 0 Å². The number of phenolic OH excluding ortho intramolecular Hbond substituents is 1. The van der Waals surface area contributed by atoms with E-state index in [-0.39, 0.29) is 11.7 Å². The Kier molecular flexibility index (Phi) is 6.25. The lowest BCUT2D eigenvalue weighted by atomic mass is 9.94. The fourth-order valence-electron chi connectivity index (χ4n) is 2.76. The number of ether oxygens (including phenoxy) is 2. The van der Waals surface area contributed by atoms with Crippen LogP contribution in [0.5, 0.6) is 17.2 Å². The van der Waals surface area contributed by atoms with Crippen molar-refractivity contribution in [2.24, 2.45) is 0 Å². The molecular formula is C19H22Cl2O3. The lowest BCUT2D eigenvalue weighted by molar-refractivity contribution is 0.340. The highest BCUT2D eigenvalue weighted by atomic mass is 35.5. The maximum atomic E-state index is 10.1. The summed E-state index contributed by atoms with van der Waals surface area (Å²) < 4.78 is 11.0. The van der Waals surface area contributed by atoms with Crippen molar-refractivity contribution in [3.8, 4) is 17.2 Å². The van der Waals surface area contributed by atoms with E-state index in [4.69, 9.17) is 32.7 Å². The number of methoxy groups -OCH3 is 1. The van der Waals surface area contributed by atoms with Crippen molar-refractivity contribution < 1.29 is 14.6 Å². The van der Waals surface area contributed by atoms with Gasteiger partial charge in [-0.2, -0.15) is 0 Å². The van der Waals surface area contributed by atoms with Crippen molar-refractivity contribution in [1.82, 2.24) is 0 Å². The molecule has 3 nitrogen and oxygen atoms in total. The zero-order chi connectivity index (χ0) is 17.9. The topological polar surface area (TPSA) is 38.7 Å². The number of benzene rings is 2. The fraction of sp³-hybridized carbons (Fsp3) is 0.368. The summed E-state index contributed by atoms with van der Waals surface area (Å²) in [5.41, 5.74) is 2.51. The largest absolute Gasteiger partial charge is 0.508 e. The zero-order valence-corrected chi connectivity index (χ0v) is 15.8. The molecule has 0 aliphatic carbocycles. The Hall–Kier alpha value is -1.58. The van der Waals surface area contributed by atoms with Gasteiger partial charge in [-0.15, -0.1) is 0 Å². The molecule has 0 radical (unpaired) electrons. The predicted octanol–water partition coefficient (Wildman–Crippen LogP) is 5.82. The molecular weight excluding hydrogens is 347 g/mol. The highest BCUT2D eigenvalue weighted by molar-refractivity contribution is 6.36. The van der Waals surface area contributed by atoms with E-state index in [2.05, 4.69) is 0 Å². The first-order valence-electron chi connectivity index (χ1n) is 7.88. The van der Waals surface area contributed by atoms with Crippen LogP contribution in [0.3, 0.4) is 0 Å². The van der Waals surface area contributed by atoms with Gasteiger partial charge in [0.25, 0.3) is 0 Å². The molecule has 2 rings (SSSR count). The van der Waals surface area contributed by atoms with E-state index in [0.717, 1.165) is 16.7 Å². The van der Waals surface area contributed by atoms with Gasteiger partial charge in [-0.1, -0.05) is 43.1 Å². The SMILES string of the molecule is CCOc1cc(Cl)c(Cc2ccc(O)c(C(C)C)c2OC)c(Cl)c1. The Labute approximate surface area is 153 Å². The summed E-state index contributed by atoms with van der Waals surface area (Å²) in [4.78, 5) is 0. The van der Waals surface area contributed by atoms with Crippen LogP contribution in [0.2, 0.25) is 10.0 Å². The molecule has 0 aromatic heterocycles. The summed E-state index contributed by atoms with van der Waals surface area (Å²) in [6, 6.07) is 7.05. The van der Waals surface area contributed by atoms with Crippen molar-refractivity contribution in [2.75, 3.05) is 13.7 Å². The minimum atomic E-state index is 0.131. The molecule has 2 aromatic rings. The highest BCUT2D eigenvalue weighted by Crippen LogP contribution is 2.40. The Morgan fingerprint density at radius 2 is 1.75 bits per heavy atom. The molecule has 2 aromatic carbocycles. The van der Waals surface area contributed by atoms with Crippen LogP contribution < -0.4 is 9.47 Å². The molecule has 1 N–H and O–H groups in total. The molecule has 0 unspecified atom stereocenters. The Morgan fingerprint density at radius 1 is 1.12 bits per heavy atom. The van der Waals surface area contributed by atoms with Gasteiger partial charge in [0, 0.05) is 22.0 Å². The quantitative estimate of drug-likeness (QED) is 0.697. The molecule has 24 heavy (non-hydrogen) atoms. The van der Waals surface area contributed by atoms with Gasteiger partial charge < -0.3 is 14.6 Å². The molecule has 0 heterocycles. The normalized spacial score (nSPS) is 11.0. The first-order chi connectivity index (χ1) is 11.4. The monoisotopic (exact) mass is 368 g/mol. The summed E-state index contributed by atoms with van der Waals surface area (Å²) in [5.74, 6) is 1.68. The number of halogens is 2. The molecule has 0 amide bonds. The standard InChI is InChI=1S/C19H22Cl2O3/c1-5-24-13-9-15(20)14(16(21)10-13)8-12-6-7-17(22)18(11(2)3)19(12)23-4/h6-7,9-11,22H,5,8H2,1-4H3. The van der Waals surface area contributed by atoms with Gasteiger partial charge in [-0.25, -0.2) is 0 Å². The van der Waals surface area contributed by atoms with Crippen LogP contribution in [0.4, 0.5) is 0 Å². The van der Waals surface area contributed by atoms with E-state index in [1.807, 2.05) is 26.8 Å². The van der Waals surface area contributed by atoms with Crippen LogP contribution in [-0.4, -0.2) is 18.8 Å². The molecule has 0 atom stereocenters. The van der Waals surface area contributed by atoms with Crippen molar-refractivity contribution in [1.29, 1.82) is 0 Å². The Balaban J connectivity index is 2.47. The third-order valence-electron chi connectivity index (χ3n) is 3.83. The van der Waals surface area contributed by atoms with Gasteiger partial charge in [0.1, 0.15) is 17.2 Å². The van der Waals surface area contributed by atoms with Crippen molar-refractivity contribution in [3.05, 3.63) is 51.0 Å². The molecule has 130 valence electrons. The summed E-state index contributed by atoms with van der Waals surface area (Å²) in [6.45, 7) is 6.48. The van der Waals surface area contributed by atoms with Crippen molar-refractivity contribution in [3.63, 3.8) is 0 Å². The molecule has 0 spiro atoms.